The summed E-state index contributed by atoms with van der Waals surface area (Å²) in [5.41, 5.74) is 1.50. The number of urea groups is 1. The second-order valence-corrected chi connectivity index (χ2v) is 6.17. The minimum Gasteiger partial charge on any atom is -0.496 e. The van der Waals surface area contributed by atoms with Crippen LogP contribution >= 0.6 is 0 Å². The van der Waals surface area contributed by atoms with E-state index < -0.39 is 6.10 Å². The summed E-state index contributed by atoms with van der Waals surface area (Å²) in [6, 6.07) is 3.41. The highest BCUT2D eigenvalue weighted by Gasteiger charge is 2.31. The number of hydrogen-bond donors (Lipinski definition) is 2. The van der Waals surface area contributed by atoms with Gasteiger partial charge in [-0.15, -0.1) is 0 Å². The maximum atomic E-state index is 12.3. The predicted molar refractivity (Wildman–Crippen MR) is 87.8 cm³/mol. The molecule has 0 unspecified atom stereocenters. The van der Waals surface area contributed by atoms with Crippen LogP contribution in [0.4, 0.5) is 4.79 Å². The van der Waals surface area contributed by atoms with Crippen molar-refractivity contribution in [2.24, 2.45) is 5.92 Å². The number of aliphatic hydroxyl groups excluding tert-OH is 1. The molecule has 1 atom stereocenters. The fourth-order valence-corrected chi connectivity index (χ4v) is 2.81. The zero-order valence-electron chi connectivity index (χ0n) is 14.3. The van der Waals surface area contributed by atoms with Crippen molar-refractivity contribution in [2.75, 3.05) is 27.3 Å². The van der Waals surface area contributed by atoms with E-state index in [9.17, 15) is 9.90 Å². The molecule has 2 amide bonds. The lowest BCUT2D eigenvalue weighted by molar-refractivity contribution is 0.100. The second-order valence-electron chi connectivity index (χ2n) is 6.17. The van der Waals surface area contributed by atoms with E-state index in [1.165, 1.54) is 0 Å². The molecule has 0 saturated heterocycles. The third kappa shape index (κ3) is 3.88. The number of ether oxygens (including phenoxy) is 2. The SMILES string of the molecule is COc1ccc(OC)c2c1CN(C(=O)NCCC(C)C)C[C@H]2O. The summed E-state index contributed by atoms with van der Waals surface area (Å²) in [5, 5.41) is 13.4. The van der Waals surface area contributed by atoms with Gasteiger partial charge in [-0.3, -0.25) is 0 Å². The Morgan fingerprint density at radius 3 is 2.61 bits per heavy atom. The van der Waals surface area contributed by atoms with E-state index in [1.807, 2.05) is 0 Å². The molecule has 0 fully saturated rings. The number of hydrogen-bond acceptors (Lipinski definition) is 4. The minimum absolute atomic E-state index is 0.166. The summed E-state index contributed by atoms with van der Waals surface area (Å²) in [5.74, 6) is 1.81. The fraction of sp³-hybridized carbons (Fsp3) is 0.588. The largest absolute Gasteiger partial charge is 0.496 e. The molecule has 2 rings (SSSR count). The van der Waals surface area contributed by atoms with Gasteiger partial charge in [0, 0.05) is 17.7 Å². The highest BCUT2D eigenvalue weighted by atomic mass is 16.5. The van der Waals surface area contributed by atoms with Gasteiger partial charge < -0.3 is 24.8 Å². The number of nitrogens with zero attached hydrogens (tertiary/aromatic N) is 1. The smallest absolute Gasteiger partial charge is 0.317 e. The van der Waals surface area contributed by atoms with Crippen molar-refractivity contribution in [3.8, 4) is 11.5 Å². The first-order chi connectivity index (χ1) is 11.0. The quantitative estimate of drug-likeness (QED) is 0.873. The molecule has 23 heavy (non-hydrogen) atoms. The molecule has 0 saturated carbocycles. The molecule has 1 aliphatic heterocycles. The van der Waals surface area contributed by atoms with Crippen LogP contribution in [0.3, 0.4) is 0 Å². The summed E-state index contributed by atoms with van der Waals surface area (Å²) >= 11 is 0. The van der Waals surface area contributed by atoms with Gasteiger partial charge >= 0.3 is 6.03 Å². The number of fused-ring (bicyclic) bond motifs is 1. The number of rotatable bonds is 5. The molecule has 0 aromatic heterocycles. The van der Waals surface area contributed by atoms with Crippen LogP contribution in [0.5, 0.6) is 11.5 Å². The van der Waals surface area contributed by atoms with Crippen molar-refractivity contribution in [1.82, 2.24) is 10.2 Å². The lowest BCUT2D eigenvalue weighted by Gasteiger charge is -2.34. The number of carbonyl (C=O) groups is 1. The number of methoxy groups -OCH3 is 2. The third-order valence-corrected chi connectivity index (χ3v) is 4.07. The average Bonchev–Trinajstić information content (AvgIpc) is 2.53. The summed E-state index contributed by atoms with van der Waals surface area (Å²) < 4.78 is 10.7. The van der Waals surface area contributed by atoms with Crippen LogP contribution in [0.15, 0.2) is 12.1 Å². The number of nitrogens with one attached hydrogen (secondary N) is 1. The van der Waals surface area contributed by atoms with Crippen molar-refractivity contribution in [1.29, 1.82) is 0 Å². The van der Waals surface area contributed by atoms with Gasteiger partial charge in [0.15, 0.2) is 0 Å². The van der Waals surface area contributed by atoms with E-state index in [0.29, 0.717) is 36.1 Å². The third-order valence-electron chi connectivity index (χ3n) is 4.07. The first-order valence-electron chi connectivity index (χ1n) is 7.92. The summed E-state index contributed by atoms with van der Waals surface area (Å²) in [7, 11) is 3.15. The maximum absolute atomic E-state index is 12.3. The van der Waals surface area contributed by atoms with Gasteiger partial charge in [0.05, 0.1) is 27.3 Å². The van der Waals surface area contributed by atoms with Crippen LogP contribution in [0.1, 0.15) is 37.5 Å². The van der Waals surface area contributed by atoms with Gasteiger partial charge in [-0.25, -0.2) is 4.79 Å². The normalized spacial score (nSPS) is 17.0. The fourth-order valence-electron chi connectivity index (χ4n) is 2.81. The van der Waals surface area contributed by atoms with Crippen LogP contribution in [0.25, 0.3) is 0 Å². The monoisotopic (exact) mass is 322 g/mol. The van der Waals surface area contributed by atoms with Crippen molar-refractivity contribution >= 4 is 6.03 Å². The molecule has 6 nitrogen and oxygen atoms in total. The van der Waals surface area contributed by atoms with Gasteiger partial charge in [0.1, 0.15) is 17.6 Å². The lowest BCUT2D eigenvalue weighted by atomic mass is 9.95. The lowest BCUT2D eigenvalue weighted by Crippen LogP contribution is -2.44. The zero-order chi connectivity index (χ0) is 17.0. The van der Waals surface area contributed by atoms with E-state index in [1.54, 1.807) is 31.3 Å². The Morgan fingerprint density at radius 1 is 1.35 bits per heavy atom. The summed E-state index contributed by atoms with van der Waals surface area (Å²) in [6.07, 6.45) is 0.134. The molecule has 0 radical (unpaired) electrons. The molecule has 1 aromatic rings. The Bertz CT molecular complexity index is 560. The van der Waals surface area contributed by atoms with Gasteiger partial charge in [-0.2, -0.15) is 0 Å². The van der Waals surface area contributed by atoms with Crippen LogP contribution in [0, 0.1) is 5.92 Å². The van der Waals surface area contributed by atoms with E-state index in [-0.39, 0.29) is 12.6 Å². The Balaban J connectivity index is 2.17. The molecule has 0 bridgehead atoms. The maximum Gasteiger partial charge on any atom is 0.317 e. The zero-order valence-corrected chi connectivity index (χ0v) is 14.3. The molecule has 0 spiro atoms. The average molecular weight is 322 g/mol. The first-order valence-corrected chi connectivity index (χ1v) is 7.92. The molecule has 1 heterocycles. The molecule has 6 heteroatoms. The second kappa shape index (κ2) is 7.55. The van der Waals surface area contributed by atoms with Gasteiger partial charge in [0.25, 0.3) is 0 Å². The van der Waals surface area contributed by atoms with Crippen molar-refractivity contribution in [3.63, 3.8) is 0 Å². The van der Waals surface area contributed by atoms with Gasteiger partial charge in [-0.1, -0.05) is 13.8 Å². The van der Waals surface area contributed by atoms with E-state index in [0.717, 1.165) is 12.0 Å². The Hall–Kier alpha value is -1.95. The number of benzene rings is 1. The van der Waals surface area contributed by atoms with E-state index >= 15 is 0 Å². The Labute approximate surface area is 137 Å². The Morgan fingerprint density at radius 2 is 2.00 bits per heavy atom. The molecule has 2 N–H and O–H groups in total. The molecule has 1 aromatic carbocycles. The van der Waals surface area contributed by atoms with Crippen LogP contribution < -0.4 is 14.8 Å². The van der Waals surface area contributed by atoms with Crippen molar-refractivity contribution < 1.29 is 19.4 Å². The predicted octanol–water partition coefficient (Wildman–Crippen LogP) is 2.31. The van der Waals surface area contributed by atoms with Crippen LogP contribution in [0.2, 0.25) is 0 Å². The number of β-amino-alcohol motifs (C(OH)–C–C–N with tert-alkyl or cyclic N) is 1. The summed E-state index contributed by atoms with van der Waals surface area (Å²) in [6.45, 7) is 5.49. The van der Waals surface area contributed by atoms with Crippen molar-refractivity contribution in [3.05, 3.63) is 23.3 Å². The minimum atomic E-state index is -0.792. The van der Waals surface area contributed by atoms with Crippen LogP contribution in [-0.4, -0.2) is 43.3 Å². The standard InChI is InChI=1S/C17H26N2O4/c1-11(2)7-8-18-17(21)19-9-12-14(22-3)5-6-15(23-4)16(12)13(20)10-19/h5-6,11,13,20H,7-10H2,1-4H3,(H,18,21)/t13-/m1/s1. The highest BCUT2D eigenvalue weighted by Crippen LogP contribution is 2.39. The van der Waals surface area contributed by atoms with E-state index in [4.69, 9.17) is 9.47 Å². The molecule has 1 aliphatic rings. The molecular weight excluding hydrogens is 296 g/mol. The van der Waals surface area contributed by atoms with Gasteiger partial charge in [0.2, 0.25) is 0 Å². The first kappa shape index (κ1) is 17.4. The topological polar surface area (TPSA) is 71.0 Å². The molecule has 0 aliphatic carbocycles. The number of amides is 2. The van der Waals surface area contributed by atoms with Gasteiger partial charge in [-0.05, 0) is 24.5 Å². The highest BCUT2D eigenvalue weighted by molar-refractivity contribution is 5.75. The number of carbonyl (C=O) groups excluding carboxylic acids is 1. The number of aliphatic hydroxyl groups is 1. The Kier molecular flexibility index (Phi) is 5.71. The van der Waals surface area contributed by atoms with Crippen molar-refractivity contribution in [2.45, 2.75) is 32.9 Å². The molecule has 128 valence electrons. The van der Waals surface area contributed by atoms with Crippen LogP contribution in [-0.2, 0) is 6.54 Å². The van der Waals surface area contributed by atoms with E-state index in [2.05, 4.69) is 19.2 Å². The molecular formula is C17H26N2O4. The summed E-state index contributed by atoms with van der Waals surface area (Å²) in [4.78, 5) is 13.9.